The van der Waals surface area contributed by atoms with E-state index in [1.165, 1.54) is 11.8 Å². The lowest BCUT2D eigenvalue weighted by Crippen LogP contribution is -2.26. The van der Waals surface area contributed by atoms with Crippen molar-refractivity contribution < 1.29 is 4.79 Å². The van der Waals surface area contributed by atoms with Crippen LogP contribution >= 0.6 is 11.8 Å². The van der Waals surface area contributed by atoms with Crippen LogP contribution in [0.5, 0.6) is 0 Å². The van der Waals surface area contributed by atoms with E-state index >= 15 is 0 Å². The maximum atomic E-state index is 12.2. The molecule has 0 saturated heterocycles. The second-order valence-electron chi connectivity index (χ2n) is 4.41. The van der Waals surface area contributed by atoms with Gasteiger partial charge in [-0.05, 0) is 24.0 Å². The number of hydrogen-bond donors (Lipinski definition) is 1. The molecule has 0 aliphatic carbocycles. The highest BCUT2D eigenvalue weighted by atomic mass is 32.2. The van der Waals surface area contributed by atoms with E-state index in [0.717, 1.165) is 11.1 Å². The maximum Gasteiger partial charge on any atom is 0.233 e. The van der Waals surface area contributed by atoms with Gasteiger partial charge in [0.25, 0.3) is 0 Å². The zero-order valence-corrected chi connectivity index (χ0v) is 11.7. The molecule has 0 aromatic carbocycles. The smallest absolute Gasteiger partial charge is 0.233 e. The van der Waals surface area contributed by atoms with Gasteiger partial charge in [-0.25, -0.2) is 9.97 Å². The molecule has 0 fully saturated rings. The third kappa shape index (κ3) is 2.20. The minimum absolute atomic E-state index is 0.00364. The lowest BCUT2D eigenvalue weighted by molar-refractivity contribution is -0.117. The number of amides is 1. The van der Waals surface area contributed by atoms with Gasteiger partial charge in [0, 0.05) is 18.0 Å². The van der Waals surface area contributed by atoms with Crippen LogP contribution in [-0.2, 0) is 17.8 Å². The summed E-state index contributed by atoms with van der Waals surface area (Å²) < 4.78 is 0. The highest BCUT2D eigenvalue weighted by Crippen LogP contribution is 2.32. The molecular formula is C13H13N5OS. The zero-order chi connectivity index (χ0) is 14.1. The molecule has 0 spiro atoms. The number of anilines is 2. The molecule has 1 amide bonds. The van der Waals surface area contributed by atoms with E-state index in [1.54, 1.807) is 17.3 Å². The highest BCUT2D eigenvalue weighted by Gasteiger charge is 2.31. The number of rotatable bonds is 3. The molecule has 6 nitrogen and oxygen atoms in total. The Labute approximate surface area is 120 Å². The summed E-state index contributed by atoms with van der Waals surface area (Å²) in [5, 5.41) is 0.579. The van der Waals surface area contributed by atoms with Gasteiger partial charge in [0.05, 0.1) is 13.0 Å². The van der Waals surface area contributed by atoms with E-state index in [4.69, 9.17) is 5.73 Å². The van der Waals surface area contributed by atoms with Crippen molar-refractivity contribution in [1.82, 2.24) is 15.0 Å². The van der Waals surface area contributed by atoms with Crippen LogP contribution in [0.3, 0.4) is 0 Å². The minimum Gasteiger partial charge on any atom is -0.383 e. The van der Waals surface area contributed by atoms with E-state index in [9.17, 15) is 4.79 Å². The third-order valence-electron chi connectivity index (χ3n) is 3.15. The Morgan fingerprint density at radius 2 is 2.10 bits per heavy atom. The fourth-order valence-corrected chi connectivity index (χ4v) is 2.52. The molecule has 2 aromatic heterocycles. The van der Waals surface area contributed by atoms with Gasteiger partial charge in [-0.3, -0.25) is 14.7 Å². The van der Waals surface area contributed by atoms with Gasteiger partial charge in [0.1, 0.15) is 11.6 Å². The molecule has 0 saturated carbocycles. The summed E-state index contributed by atoms with van der Waals surface area (Å²) in [4.78, 5) is 26.4. The molecule has 3 heterocycles. The summed E-state index contributed by atoms with van der Waals surface area (Å²) in [6.45, 7) is 0.471. The molecular weight excluding hydrogens is 274 g/mol. The van der Waals surface area contributed by atoms with Crippen LogP contribution in [0, 0.1) is 0 Å². The number of carbonyl (C=O) groups excluding carboxylic acids is 1. The van der Waals surface area contributed by atoms with Gasteiger partial charge in [0.2, 0.25) is 5.91 Å². The van der Waals surface area contributed by atoms with E-state index in [1.807, 2.05) is 18.4 Å². The fraction of sp³-hybridized carbons (Fsp3) is 0.231. The second kappa shape index (κ2) is 5.09. The monoisotopic (exact) mass is 287 g/mol. The molecule has 7 heteroatoms. The van der Waals surface area contributed by atoms with Gasteiger partial charge >= 0.3 is 0 Å². The number of nitrogens with zero attached hydrogens (tertiary/aromatic N) is 4. The number of nitrogens with two attached hydrogens (primary N) is 1. The molecule has 3 rings (SSSR count). The number of hydrogen-bond acceptors (Lipinski definition) is 6. The molecule has 1 aliphatic rings. The number of nitrogen functional groups attached to an aromatic ring is 1. The van der Waals surface area contributed by atoms with E-state index in [-0.39, 0.29) is 12.3 Å². The Morgan fingerprint density at radius 3 is 2.80 bits per heavy atom. The van der Waals surface area contributed by atoms with E-state index in [2.05, 4.69) is 15.0 Å². The van der Waals surface area contributed by atoms with E-state index in [0.29, 0.717) is 23.3 Å². The van der Waals surface area contributed by atoms with Crippen LogP contribution in [0.2, 0.25) is 0 Å². The minimum atomic E-state index is -0.00364. The van der Waals surface area contributed by atoms with E-state index < -0.39 is 0 Å². The number of carbonyl (C=O) groups is 1. The Morgan fingerprint density at radius 1 is 1.35 bits per heavy atom. The molecule has 20 heavy (non-hydrogen) atoms. The fourth-order valence-electron chi connectivity index (χ4n) is 2.15. The summed E-state index contributed by atoms with van der Waals surface area (Å²) in [6.07, 6.45) is 5.56. The van der Waals surface area contributed by atoms with Gasteiger partial charge < -0.3 is 5.73 Å². The average molecular weight is 287 g/mol. The summed E-state index contributed by atoms with van der Waals surface area (Å²) in [5.41, 5.74) is 7.64. The summed E-state index contributed by atoms with van der Waals surface area (Å²) >= 11 is 1.41. The van der Waals surface area contributed by atoms with Crippen molar-refractivity contribution in [2.24, 2.45) is 0 Å². The van der Waals surface area contributed by atoms with Crippen LogP contribution in [0.1, 0.15) is 11.1 Å². The molecule has 0 radical (unpaired) electrons. The summed E-state index contributed by atoms with van der Waals surface area (Å²) in [7, 11) is 0. The van der Waals surface area contributed by atoms with Crippen molar-refractivity contribution in [2.75, 3.05) is 16.9 Å². The first-order valence-electron chi connectivity index (χ1n) is 6.08. The van der Waals surface area contributed by atoms with Crippen molar-refractivity contribution >= 4 is 29.3 Å². The Bertz CT molecular complexity index is 661. The Balaban J connectivity index is 1.99. The topological polar surface area (TPSA) is 85.0 Å². The normalized spacial score (nSPS) is 13.7. The lowest BCUT2D eigenvalue weighted by Gasteiger charge is -2.16. The van der Waals surface area contributed by atoms with Crippen molar-refractivity contribution in [3.63, 3.8) is 0 Å². The van der Waals surface area contributed by atoms with Gasteiger partial charge in [0.15, 0.2) is 5.16 Å². The summed E-state index contributed by atoms with van der Waals surface area (Å²) in [6, 6.07) is 3.76. The molecule has 1 aliphatic heterocycles. The molecule has 0 bridgehead atoms. The first-order chi connectivity index (χ1) is 9.69. The van der Waals surface area contributed by atoms with Gasteiger partial charge in [-0.2, -0.15) is 0 Å². The number of aromatic nitrogens is 3. The summed E-state index contributed by atoms with van der Waals surface area (Å²) in [5.74, 6) is 1.02. The van der Waals surface area contributed by atoms with Crippen molar-refractivity contribution in [1.29, 1.82) is 0 Å². The highest BCUT2D eigenvalue weighted by molar-refractivity contribution is 7.98. The number of thioether (sulfide) groups is 1. The SMILES string of the molecule is CSc1nc(N)c2c(n1)N(Cc1ccncc1)C(=O)C2. The largest absolute Gasteiger partial charge is 0.383 e. The number of pyridine rings is 1. The molecule has 102 valence electrons. The quantitative estimate of drug-likeness (QED) is 0.676. The van der Waals surface area contributed by atoms with Gasteiger partial charge in [-0.15, -0.1) is 0 Å². The van der Waals surface area contributed by atoms with Crippen molar-refractivity contribution in [2.45, 2.75) is 18.1 Å². The zero-order valence-electron chi connectivity index (χ0n) is 10.9. The lowest BCUT2D eigenvalue weighted by atomic mass is 10.2. The molecule has 2 aromatic rings. The third-order valence-corrected chi connectivity index (χ3v) is 3.70. The van der Waals surface area contributed by atoms with Crippen LogP contribution in [0.25, 0.3) is 0 Å². The first kappa shape index (κ1) is 12.9. The van der Waals surface area contributed by atoms with Crippen LogP contribution < -0.4 is 10.6 Å². The van der Waals surface area contributed by atoms with Crippen molar-refractivity contribution in [3.8, 4) is 0 Å². The predicted octanol–water partition coefficient (Wildman–Crippen LogP) is 1.27. The number of fused-ring (bicyclic) bond motifs is 1. The van der Waals surface area contributed by atoms with Gasteiger partial charge in [-0.1, -0.05) is 11.8 Å². The molecule has 0 atom stereocenters. The Hall–Kier alpha value is -2.15. The van der Waals surface area contributed by atoms with Crippen molar-refractivity contribution in [3.05, 3.63) is 35.7 Å². The molecule has 0 unspecified atom stereocenters. The maximum absolute atomic E-state index is 12.2. The van der Waals surface area contributed by atoms with Crippen LogP contribution in [0.4, 0.5) is 11.6 Å². The average Bonchev–Trinajstić information content (AvgIpc) is 2.77. The van der Waals surface area contributed by atoms with Crippen LogP contribution in [0.15, 0.2) is 29.7 Å². The predicted molar refractivity (Wildman–Crippen MR) is 77.4 cm³/mol. The van der Waals surface area contributed by atoms with Crippen LogP contribution in [-0.4, -0.2) is 27.1 Å². The first-order valence-corrected chi connectivity index (χ1v) is 7.31. The molecule has 2 N–H and O–H groups in total. The standard InChI is InChI=1S/C13H13N5OS/c1-20-13-16-11(14)9-6-10(19)18(12(9)17-13)7-8-2-4-15-5-3-8/h2-5H,6-7H2,1H3,(H2,14,16,17). The second-order valence-corrected chi connectivity index (χ2v) is 5.18. The Kier molecular flexibility index (Phi) is 3.27.